The molecule has 3 aromatic rings. The summed E-state index contributed by atoms with van der Waals surface area (Å²) >= 11 is 3.59. The van der Waals surface area contributed by atoms with E-state index >= 15 is 0 Å². The van der Waals surface area contributed by atoms with Gasteiger partial charge in [0.2, 0.25) is 0 Å². The Morgan fingerprint density at radius 1 is 1.15 bits per heavy atom. The van der Waals surface area contributed by atoms with Crippen molar-refractivity contribution in [1.82, 2.24) is 15.0 Å². The van der Waals surface area contributed by atoms with Crippen molar-refractivity contribution in [2.75, 3.05) is 23.3 Å². The molecule has 1 aliphatic heterocycles. The fourth-order valence-corrected chi connectivity index (χ4v) is 6.13. The molecule has 5 rings (SSSR count). The van der Waals surface area contributed by atoms with Gasteiger partial charge in [0.1, 0.15) is 17.0 Å². The van der Waals surface area contributed by atoms with Crippen molar-refractivity contribution in [2.45, 2.75) is 51.5 Å². The van der Waals surface area contributed by atoms with Gasteiger partial charge in [0.05, 0.1) is 11.1 Å². The van der Waals surface area contributed by atoms with E-state index in [4.69, 9.17) is 4.98 Å². The molecule has 1 fully saturated rings. The number of hydrogen-bond donors (Lipinski definition) is 1. The van der Waals surface area contributed by atoms with Crippen molar-refractivity contribution < 1.29 is 0 Å². The SMILES string of the molecule is Cc1csc(NC2CCN(c3ncnc4sc5c(c34)CCCC5)CC2)n1. The molecule has 3 aromatic heterocycles. The maximum Gasteiger partial charge on any atom is 0.183 e. The lowest BCUT2D eigenvalue weighted by molar-refractivity contribution is 0.524. The summed E-state index contributed by atoms with van der Waals surface area (Å²) in [5.41, 5.74) is 2.63. The number of hydrogen-bond acceptors (Lipinski definition) is 7. The van der Waals surface area contributed by atoms with Crippen LogP contribution in [0.25, 0.3) is 10.2 Å². The van der Waals surface area contributed by atoms with Crippen molar-refractivity contribution in [2.24, 2.45) is 0 Å². The molecule has 1 saturated heterocycles. The first kappa shape index (κ1) is 16.4. The maximum absolute atomic E-state index is 4.71. The van der Waals surface area contributed by atoms with Crippen LogP contribution in [0.1, 0.15) is 41.8 Å². The molecule has 1 N–H and O–H groups in total. The fourth-order valence-electron chi connectivity index (χ4n) is 4.14. The molecular formula is C19H23N5S2. The molecule has 1 aliphatic carbocycles. The van der Waals surface area contributed by atoms with Gasteiger partial charge in [-0.25, -0.2) is 15.0 Å². The van der Waals surface area contributed by atoms with Crippen molar-refractivity contribution in [3.05, 3.63) is 27.8 Å². The first-order valence-electron chi connectivity index (χ1n) is 9.47. The molecule has 0 unspecified atom stereocenters. The minimum Gasteiger partial charge on any atom is -0.359 e. The third-order valence-corrected chi connectivity index (χ3v) is 7.56. The van der Waals surface area contributed by atoms with Crippen LogP contribution >= 0.6 is 22.7 Å². The minimum atomic E-state index is 0.505. The molecule has 26 heavy (non-hydrogen) atoms. The summed E-state index contributed by atoms with van der Waals surface area (Å²) in [5, 5.41) is 8.11. The van der Waals surface area contributed by atoms with Crippen molar-refractivity contribution in [1.29, 1.82) is 0 Å². The zero-order chi connectivity index (χ0) is 17.5. The van der Waals surface area contributed by atoms with Crippen LogP contribution in [0.15, 0.2) is 11.7 Å². The van der Waals surface area contributed by atoms with Crippen LogP contribution in [0, 0.1) is 6.92 Å². The second-order valence-electron chi connectivity index (χ2n) is 7.29. The van der Waals surface area contributed by atoms with Crippen LogP contribution in [0.3, 0.4) is 0 Å². The zero-order valence-corrected chi connectivity index (χ0v) is 16.6. The normalized spacial score (nSPS) is 18.3. The number of aryl methyl sites for hydroxylation is 3. The Balaban J connectivity index is 1.36. The van der Waals surface area contributed by atoms with Gasteiger partial charge in [-0.3, -0.25) is 0 Å². The van der Waals surface area contributed by atoms with Gasteiger partial charge >= 0.3 is 0 Å². The highest BCUT2D eigenvalue weighted by molar-refractivity contribution is 7.19. The summed E-state index contributed by atoms with van der Waals surface area (Å²) in [6.45, 7) is 4.13. The molecule has 2 aliphatic rings. The second-order valence-corrected chi connectivity index (χ2v) is 9.23. The smallest absolute Gasteiger partial charge is 0.183 e. The van der Waals surface area contributed by atoms with Crippen molar-refractivity contribution >= 4 is 43.8 Å². The summed E-state index contributed by atoms with van der Waals surface area (Å²) in [4.78, 5) is 19.0. The molecule has 0 bridgehead atoms. The highest BCUT2D eigenvalue weighted by Gasteiger charge is 2.26. The zero-order valence-electron chi connectivity index (χ0n) is 15.0. The molecule has 0 aromatic carbocycles. The van der Waals surface area contributed by atoms with Crippen molar-refractivity contribution in [3.63, 3.8) is 0 Å². The number of aromatic nitrogens is 3. The number of thiazole rings is 1. The van der Waals surface area contributed by atoms with Crippen LogP contribution in [0.2, 0.25) is 0 Å². The van der Waals surface area contributed by atoms with E-state index in [0.29, 0.717) is 6.04 Å². The largest absolute Gasteiger partial charge is 0.359 e. The van der Waals surface area contributed by atoms with Gasteiger partial charge in [0.15, 0.2) is 5.13 Å². The van der Waals surface area contributed by atoms with Gasteiger partial charge in [-0.05, 0) is 51.0 Å². The standard InChI is InChI=1S/C19H23N5S2/c1-12-10-25-19(22-12)23-13-6-8-24(9-7-13)17-16-14-4-2-3-5-15(14)26-18(16)21-11-20-17/h10-11,13H,2-9H2,1H3,(H,22,23). The topological polar surface area (TPSA) is 53.9 Å². The molecule has 0 saturated carbocycles. The van der Waals surface area contributed by atoms with Gasteiger partial charge in [0, 0.05) is 29.4 Å². The maximum atomic E-state index is 4.71. The van der Waals surface area contributed by atoms with Gasteiger partial charge < -0.3 is 10.2 Å². The highest BCUT2D eigenvalue weighted by atomic mass is 32.1. The van der Waals surface area contributed by atoms with Gasteiger partial charge in [-0.15, -0.1) is 22.7 Å². The number of thiophene rings is 1. The van der Waals surface area contributed by atoms with E-state index in [1.54, 1.807) is 22.5 Å². The Bertz CT molecular complexity index is 923. The Kier molecular flexibility index (Phi) is 4.29. The molecule has 4 heterocycles. The quantitative estimate of drug-likeness (QED) is 0.723. The first-order chi connectivity index (χ1) is 12.8. The van der Waals surface area contributed by atoms with E-state index in [9.17, 15) is 0 Å². The summed E-state index contributed by atoms with van der Waals surface area (Å²) in [6, 6.07) is 0.505. The van der Waals surface area contributed by atoms with E-state index < -0.39 is 0 Å². The molecular weight excluding hydrogens is 362 g/mol. The van der Waals surface area contributed by atoms with E-state index in [0.717, 1.165) is 42.6 Å². The third kappa shape index (κ3) is 2.97. The highest BCUT2D eigenvalue weighted by Crippen LogP contribution is 2.39. The summed E-state index contributed by atoms with van der Waals surface area (Å²) in [5.74, 6) is 1.16. The number of fused-ring (bicyclic) bond motifs is 3. The monoisotopic (exact) mass is 385 g/mol. The van der Waals surface area contributed by atoms with Crippen LogP contribution in [-0.4, -0.2) is 34.1 Å². The van der Waals surface area contributed by atoms with Gasteiger partial charge in [-0.2, -0.15) is 0 Å². The van der Waals surface area contributed by atoms with Crippen molar-refractivity contribution in [3.8, 4) is 0 Å². The number of nitrogens with one attached hydrogen (secondary N) is 1. The molecule has 0 spiro atoms. The van der Waals surface area contributed by atoms with E-state index in [-0.39, 0.29) is 0 Å². The first-order valence-corrected chi connectivity index (χ1v) is 11.2. The Labute approximate surface area is 161 Å². The second kappa shape index (κ2) is 6.78. The van der Waals surface area contributed by atoms with Gasteiger partial charge in [-0.1, -0.05) is 0 Å². The lowest BCUT2D eigenvalue weighted by atomic mass is 9.96. The summed E-state index contributed by atoms with van der Waals surface area (Å²) in [7, 11) is 0. The number of anilines is 2. The Morgan fingerprint density at radius 3 is 2.81 bits per heavy atom. The lowest BCUT2D eigenvalue weighted by Gasteiger charge is -2.33. The Morgan fingerprint density at radius 2 is 2.00 bits per heavy atom. The van der Waals surface area contributed by atoms with E-state index in [1.807, 2.05) is 18.3 Å². The van der Waals surface area contributed by atoms with Crippen LogP contribution < -0.4 is 10.2 Å². The van der Waals surface area contributed by atoms with Gasteiger partial charge in [0.25, 0.3) is 0 Å². The minimum absolute atomic E-state index is 0.505. The summed E-state index contributed by atoms with van der Waals surface area (Å²) in [6.07, 6.45) is 9.02. The number of rotatable bonds is 3. The summed E-state index contributed by atoms with van der Waals surface area (Å²) < 4.78 is 0. The van der Waals surface area contributed by atoms with E-state index in [1.165, 1.54) is 41.5 Å². The molecule has 0 atom stereocenters. The predicted molar refractivity (Wildman–Crippen MR) is 110 cm³/mol. The average molecular weight is 386 g/mol. The molecule has 136 valence electrons. The molecule has 7 heteroatoms. The molecule has 0 amide bonds. The number of piperidine rings is 1. The number of nitrogens with zero attached hydrogens (tertiary/aromatic N) is 4. The molecule has 0 radical (unpaired) electrons. The van der Waals surface area contributed by atoms with Crippen LogP contribution in [0.4, 0.5) is 10.9 Å². The van der Waals surface area contributed by atoms with E-state index in [2.05, 4.69) is 25.6 Å². The molecule has 5 nitrogen and oxygen atoms in total. The predicted octanol–water partition coefficient (Wildman–Crippen LogP) is 4.42. The van der Waals surface area contributed by atoms with Crippen LogP contribution in [-0.2, 0) is 12.8 Å². The Hall–Kier alpha value is -1.73. The lowest BCUT2D eigenvalue weighted by Crippen LogP contribution is -2.39. The average Bonchev–Trinajstić information content (AvgIpc) is 3.25. The third-order valence-electron chi connectivity index (χ3n) is 5.47. The van der Waals surface area contributed by atoms with Crippen LogP contribution in [0.5, 0.6) is 0 Å². The fraction of sp³-hybridized carbons (Fsp3) is 0.526.